The molecule has 0 spiro atoms. The van der Waals surface area contributed by atoms with Crippen LogP contribution in [0.1, 0.15) is 5.56 Å². The third-order valence-corrected chi connectivity index (χ3v) is 5.91. The maximum atomic E-state index is 2.47. The molecule has 3 heterocycles. The van der Waals surface area contributed by atoms with E-state index in [1.165, 1.54) is 54.9 Å². The first kappa shape index (κ1) is 14.7. The molecule has 3 aromatic carbocycles. The minimum Gasteiger partial charge on any atom is -0.302 e. The average molecular weight is 347 g/mol. The van der Waals surface area contributed by atoms with Gasteiger partial charge in [0, 0.05) is 27.6 Å². The zero-order valence-electron chi connectivity index (χ0n) is 15.4. The zero-order valence-corrected chi connectivity index (χ0v) is 15.4. The lowest BCUT2D eigenvalue weighted by atomic mass is 10.0. The summed E-state index contributed by atoms with van der Waals surface area (Å²) in [7, 11) is 2.15. The summed E-state index contributed by atoms with van der Waals surface area (Å²) in [6.45, 7) is 2.19. The van der Waals surface area contributed by atoms with E-state index in [4.69, 9.17) is 0 Å². The van der Waals surface area contributed by atoms with Crippen LogP contribution in [-0.2, 0) is 7.05 Å². The molecular weight excluding hydrogens is 328 g/mol. The van der Waals surface area contributed by atoms with Gasteiger partial charge < -0.3 is 4.40 Å². The van der Waals surface area contributed by atoms with Gasteiger partial charge in [-0.3, -0.25) is 0 Å². The smallest absolute Gasteiger partial charge is 0.237 e. The highest BCUT2D eigenvalue weighted by atomic mass is 15.0. The Morgan fingerprint density at radius 2 is 1.33 bits per heavy atom. The van der Waals surface area contributed by atoms with Crippen molar-refractivity contribution in [3.8, 4) is 11.3 Å². The Morgan fingerprint density at radius 1 is 0.667 bits per heavy atom. The van der Waals surface area contributed by atoms with E-state index in [0.717, 1.165) is 0 Å². The van der Waals surface area contributed by atoms with E-state index < -0.39 is 0 Å². The van der Waals surface area contributed by atoms with Crippen molar-refractivity contribution in [2.75, 3.05) is 0 Å². The average Bonchev–Trinajstić information content (AvgIpc) is 3.21. The Labute approximate surface area is 157 Å². The van der Waals surface area contributed by atoms with Gasteiger partial charge in [0.25, 0.3) is 0 Å². The molecule has 0 radical (unpaired) electrons. The van der Waals surface area contributed by atoms with Crippen LogP contribution in [0.3, 0.4) is 0 Å². The first-order valence-corrected chi connectivity index (χ1v) is 9.37. The summed E-state index contributed by atoms with van der Waals surface area (Å²) >= 11 is 0. The first-order valence-electron chi connectivity index (χ1n) is 9.37. The number of fused-ring (bicyclic) bond motifs is 6. The Balaban J connectivity index is 1.98. The molecule has 3 aromatic heterocycles. The Bertz CT molecular complexity index is 1490. The lowest BCUT2D eigenvalue weighted by Crippen LogP contribution is -2.31. The predicted molar refractivity (Wildman–Crippen MR) is 112 cm³/mol. The van der Waals surface area contributed by atoms with Crippen molar-refractivity contribution in [2.45, 2.75) is 6.92 Å². The highest BCUT2D eigenvalue weighted by molar-refractivity contribution is 6.24. The standard InChI is InChI=1S/C25H19N2/c1-16-8-3-4-9-17(16)24-25-21(14-15-26(24)2)20-12-7-11-19-18-10-5-6-13-22(18)27(25)23(19)20/h3-15H,1-2H3/q+1. The molecule has 0 bridgehead atoms. The lowest BCUT2D eigenvalue weighted by Gasteiger charge is -2.07. The van der Waals surface area contributed by atoms with Gasteiger partial charge in [-0.2, -0.15) is 4.57 Å². The topological polar surface area (TPSA) is 8.29 Å². The molecule has 0 N–H and O–H groups in total. The first-order chi connectivity index (χ1) is 13.3. The molecule has 0 unspecified atom stereocenters. The van der Waals surface area contributed by atoms with Crippen molar-refractivity contribution >= 4 is 38.1 Å². The molecule has 0 saturated heterocycles. The van der Waals surface area contributed by atoms with Crippen molar-refractivity contribution in [3.05, 3.63) is 84.6 Å². The van der Waals surface area contributed by atoms with Crippen molar-refractivity contribution < 1.29 is 4.57 Å². The van der Waals surface area contributed by atoms with Crippen LogP contribution in [0.15, 0.2) is 79.0 Å². The van der Waals surface area contributed by atoms with Gasteiger partial charge in [-0.15, -0.1) is 0 Å². The number of rotatable bonds is 1. The molecule has 2 heteroatoms. The van der Waals surface area contributed by atoms with E-state index in [-0.39, 0.29) is 0 Å². The maximum Gasteiger partial charge on any atom is 0.237 e. The van der Waals surface area contributed by atoms with Crippen LogP contribution < -0.4 is 4.57 Å². The van der Waals surface area contributed by atoms with E-state index in [1.807, 2.05) is 0 Å². The third kappa shape index (κ3) is 1.77. The molecule has 0 amide bonds. The minimum absolute atomic E-state index is 1.27. The van der Waals surface area contributed by atoms with Gasteiger partial charge >= 0.3 is 0 Å². The maximum absolute atomic E-state index is 2.47. The van der Waals surface area contributed by atoms with Crippen molar-refractivity contribution in [1.29, 1.82) is 0 Å². The summed E-state index contributed by atoms with van der Waals surface area (Å²) in [4.78, 5) is 0. The van der Waals surface area contributed by atoms with Gasteiger partial charge in [0.05, 0.1) is 16.6 Å². The number of aromatic nitrogens is 2. The number of benzene rings is 3. The molecule has 0 atom stereocenters. The minimum atomic E-state index is 1.27. The fourth-order valence-corrected chi connectivity index (χ4v) is 4.70. The summed E-state index contributed by atoms with van der Waals surface area (Å²) in [6.07, 6.45) is 2.19. The lowest BCUT2D eigenvalue weighted by molar-refractivity contribution is -0.659. The van der Waals surface area contributed by atoms with Gasteiger partial charge in [0.1, 0.15) is 12.6 Å². The van der Waals surface area contributed by atoms with E-state index in [0.29, 0.717) is 0 Å². The highest BCUT2D eigenvalue weighted by Gasteiger charge is 2.25. The van der Waals surface area contributed by atoms with Crippen LogP contribution in [-0.4, -0.2) is 4.40 Å². The van der Waals surface area contributed by atoms with Crippen LogP contribution in [0.25, 0.3) is 49.4 Å². The largest absolute Gasteiger partial charge is 0.302 e. The van der Waals surface area contributed by atoms with Crippen LogP contribution in [0.5, 0.6) is 0 Å². The number of pyridine rings is 1. The van der Waals surface area contributed by atoms with Crippen molar-refractivity contribution in [2.24, 2.45) is 7.05 Å². The van der Waals surface area contributed by atoms with Gasteiger partial charge in [0.15, 0.2) is 6.20 Å². The van der Waals surface area contributed by atoms with Gasteiger partial charge in [0.2, 0.25) is 5.69 Å². The van der Waals surface area contributed by atoms with Crippen LogP contribution in [0.2, 0.25) is 0 Å². The van der Waals surface area contributed by atoms with Crippen LogP contribution >= 0.6 is 0 Å². The molecule has 27 heavy (non-hydrogen) atoms. The monoisotopic (exact) mass is 347 g/mol. The quantitative estimate of drug-likeness (QED) is 0.340. The number of hydrogen-bond donors (Lipinski definition) is 0. The third-order valence-electron chi connectivity index (χ3n) is 5.91. The molecule has 2 nitrogen and oxygen atoms in total. The fourth-order valence-electron chi connectivity index (χ4n) is 4.70. The fraction of sp³-hybridized carbons (Fsp3) is 0.0800. The van der Waals surface area contributed by atoms with E-state index in [1.54, 1.807) is 0 Å². The molecule has 0 fully saturated rings. The predicted octanol–water partition coefficient (Wildman–Crippen LogP) is 5.64. The van der Waals surface area contributed by atoms with Crippen LogP contribution in [0, 0.1) is 6.92 Å². The highest BCUT2D eigenvalue weighted by Crippen LogP contribution is 2.41. The Kier molecular flexibility index (Phi) is 2.77. The number of aryl methyl sites for hydroxylation is 2. The number of hydrogen-bond acceptors (Lipinski definition) is 0. The number of para-hydroxylation sites is 2. The van der Waals surface area contributed by atoms with Crippen LogP contribution in [0.4, 0.5) is 0 Å². The summed E-state index contributed by atoms with van der Waals surface area (Å²) in [5.74, 6) is 0. The molecule has 128 valence electrons. The Hall–Kier alpha value is -3.39. The second kappa shape index (κ2) is 5.08. The molecule has 6 rings (SSSR count). The molecule has 0 saturated carbocycles. The zero-order chi connectivity index (χ0) is 18.1. The Morgan fingerprint density at radius 3 is 2.19 bits per heavy atom. The summed E-state index contributed by atoms with van der Waals surface area (Å²) < 4.78 is 4.73. The summed E-state index contributed by atoms with van der Waals surface area (Å²) in [6, 6.07) is 26.4. The van der Waals surface area contributed by atoms with Gasteiger partial charge in [-0.25, -0.2) is 0 Å². The van der Waals surface area contributed by atoms with Gasteiger partial charge in [-0.1, -0.05) is 54.6 Å². The molecule has 0 aliphatic carbocycles. The van der Waals surface area contributed by atoms with E-state index in [2.05, 4.69) is 102 Å². The SMILES string of the molecule is Cc1ccccc1-c1c2c(cc[n+]1C)c1cccc3c4ccccc4n2c31. The van der Waals surface area contributed by atoms with E-state index >= 15 is 0 Å². The van der Waals surface area contributed by atoms with E-state index in [9.17, 15) is 0 Å². The van der Waals surface area contributed by atoms with Gasteiger partial charge in [-0.05, 0) is 24.6 Å². The number of nitrogens with zero attached hydrogens (tertiary/aromatic N) is 2. The van der Waals surface area contributed by atoms with Crippen molar-refractivity contribution in [3.63, 3.8) is 0 Å². The summed E-state index contributed by atoms with van der Waals surface area (Å²) in [5, 5.41) is 5.30. The second-order valence-corrected chi connectivity index (χ2v) is 7.41. The normalized spacial score (nSPS) is 12.1. The second-order valence-electron chi connectivity index (χ2n) is 7.41. The van der Waals surface area contributed by atoms with Crippen molar-refractivity contribution in [1.82, 2.24) is 4.40 Å². The molecular formula is C25H19N2+. The molecule has 0 aliphatic rings. The molecule has 0 aliphatic heterocycles. The molecule has 6 aromatic rings. The summed E-state index contributed by atoms with van der Waals surface area (Å²) in [5.41, 5.74) is 7.75.